The molecule has 0 fully saturated rings. The average molecular weight is 378 g/mol. The van der Waals surface area contributed by atoms with Crippen molar-refractivity contribution in [2.24, 2.45) is 11.7 Å². The van der Waals surface area contributed by atoms with E-state index in [0.717, 1.165) is 5.56 Å². The fourth-order valence-electron chi connectivity index (χ4n) is 2.32. The van der Waals surface area contributed by atoms with Crippen LogP contribution in [0.2, 0.25) is 0 Å². The lowest BCUT2D eigenvalue weighted by molar-refractivity contribution is -0.142. The molecule has 6 N–H and O–H groups in total. The molecule has 0 bridgehead atoms. The summed E-state index contributed by atoms with van der Waals surface area (Å²) in [4.78, 5) is 47.1. The fourth-order valence-corrected chi connectivity index (χ4v) is 2.32. The highest BCUT2D eigenvalue weighted by molar-refractivity contribution is 5.92. The predicted molar refractivity (Wildman–Crippen MR) is 98.5 cm³/mol. The van der Waals surface area contributed by atoms with Gasteiger partial charge in [0.25, 0.3) is 0 Å². The summed E-state index contributed by atoms with van der Waals surface area (Å²) in [5.41, 5.74) is 5.90. The number of carbonyl (C=O) groups is 4. The van der Waals surface area contributed by atoms with Crippen molar-refractivity contribution in [1.29, 1.82) is 0 Å². The van der Waals surface area contributed by atoms with Gasteiger partial charge < -0.3 is 26.8 Å². The van der Waals surface area contributed by atoms with Crippen molar-refractivity contribution in [1.82, 2.24) is 16.0 Å². The van der Waals surface area contributed by atoms with Crippen molar-refractivity contribution in [3.05, 3.63) is 35.9 Å². The molecule has 1 aromatic carbocycles. The van der Waals surface area contributed by atoms with Crippen LogP contribution in [0.5, 0.6) is 0 Å². The van der Waals surface area contributed by atoms with Crippen LogP contribution >= 0.6 is 0 Å². The van der Waals surface area contributed by atoms with Gasteiger partial charge in [0.1, 0.15) is 12.1 Å². The lowest BCUT2D eigenvalue weighted by Crippen LogP contribution is -2.55. The average Bonchev–Trinajstić information content (AvgIpc) is 2.63. The Morgan fingerprint density at radius 2 is 1.67 bits per heavy atom. The molecule has 0 radical (unpaired) electrons. The molecule has 0 unspecified atom stereocenters. The Labute approximate surface area is 157 Å². The highest BCUT2D eigenvalue weighted by Gasteiger charge is 2.28. The van der Waals surface area contributed by atoms with E-state index in [1.54, 1.807) is 38.1 Å². The number of rotatable bonds is 10. The Bertz CT molecular complexity index is 663. The van der Waals surface area contributed by atoms with Crippen LogP contribution < -0.4 is 21.7 Å². The highest BCUT2D eigenvalue weighted by Crippen LogP contribution is 2.06. The molecule has 1 rings (SSSR count). The molecular formula is C18H26N4O5. The van der Waals surface area contributed by atoms with E-state index in [9.17, 15) is 24.3 Å². The smallest absolute Gasteiger partial charge is 0.326 e. The SMILES string of the molecule is CC(C)[C@H](NC(=O)CNC(=O)CN)C(=O)N[C@@H](Cc1ccccc1)C(=O)O. The van der Waals surface area contributed by atoms with Gasteiger partial charge in [0.2, 0.25) is 17.7 Å². The van der Waals surface area contributed by atoms with Gasteiger partial charge in [0.15, 0.2) is 0 Å². The summed E-state index contributed by atoms with van der Waals surface area (Å²) in [6, 6.07) is 6.84. The minimum atomic E-state index is -1.17. The second-order valence-electron chi connectivity index (χ2n) is 6.36. The Hall–Kier alpha value is -2.94. The summed E-state index contributed by atoms with van der Waals surface area (Å²) in [6.45, 7) is 2.87. The molecule has 9 heteroatoms. The number of carboxylic acids is 1. The first kappa shape index (κ1) is 22.1. The third-order valence-electron chi connectivity index (χ3n) is 3.79. The lowest BCUT2D eigenvalue weighted by atomic mass is 10.0. The summed E-state index contributed by atoms with van der Waals surface area (Å²) < 4.78 is 0. The third kappa shape index (κ3) is 7.87. The monoisotopic (exact) mass is 378 g/mol. The molecule has 9 nitrogen and oxygen atoms in total. The molecule has 0 heterocycles. The van der Waals surface area contributed by atoms with Crippen LogP contribution in [0.15, 0.2) is 30.3 Å². The van der Waals surface area contributed by atoms with Crippen LogP contribution in [0.25, 0.3) is 0 Å². The van der Waals surface area contributed by atoms with Gasteiger partial charge in [-0.3, -0.25) is 14.4 Å². The number of nitrogens with two attached hydrogens (primary N) is 1. The Morgan fingerprint density at radius 3 is 2.19 bits per heavy atom. The molecule has 0 spiro atoms. The van der Waals surface area contributed by atoms with Crippen molar-refractivity contribution in [3.8, 4) is 0 Å². The number of carbonyl (C=O) groups excluding carboxylic acids is 3. The van der Waals surface area contributed by atoms with Crippen molar-refractivity contribution in [3.63, 3.8) is 0 Å². The first-order valence-corrected chi connectivity index (χ1v) is 8.57. The van der Waals surface area contributed by atoms with Crippen LogP contribution in [-0.4, -0.2) is 54.0 Å². The summed E-state index contributed by atoms with van der Waals surface area (Å²) in [5, 5.41) is 16.7. The quantitative estimate of drug-likeness (QED) is 0.353. The molecule has 0 aliphatic rings. The van der Waals surface area contributed by atoms with Crippen molar-refractivity contribution >= 4 is 23.7 Å². The molecule has 0 saturated heterocycles. The van der Waals surface area contributed by atoms with Crippen LogP contribution in [0, 0.1) is 5.92 Å². The lowest BCUT2D eigenvalue weighted by Gasteiger charge is -2.24. The van der Waals surface area contributed by atoms with Gasteiger partial charge in [-0.2, -0.15) is 0 Å². The predicted octanol–water partition coefficient (Wildman–Crippen LogP) is -0.986. The zero-order valence-electron chi connectivity index (χ0n) is 15.4. The Morgan fingerprint density at radius 1 is 1.04 bits per heavy atom. The maximum atomic E-state index is 12.5. The number of hydrogen-bond acceptors (Lipinski definition) is 5. The normalized spacial score (nSPS) is 12.7. The van der Waals surface area contributed by atoms with E-state index in [1.807, 2.05) is 6.07 Å². The first-order chi connectivity index (χ1) is 12.7. The molecule has 0 aliphatic heterocycles. The third-order valence-corrected chi connectivity index (χ3v) is 3.79. The van der Waals surface area contributed by atoms with E-state index >= 15 is 0 Å². The van der Waals surface area contributed by atoms with E-state index in [1.165, 1.54) is 0 Å². The summed E-state index contributed by atoms with van der Waals surface area (Å²) >= 11 is 0. The molecule has 0 aliphatic carbocycles. The zero-order valence-corrected chi connectivity index (χ0v) is 15.4. The molecule has 1 aromatic rings. The Balaban J connectivity index is 2.73. The maximum Gasteiger partial charge on any atom is 0.326 e. The molecule has 148 valence electrons. The summed E-state index contributed by atoms with van der Waals surface area (Å²) in [6.07, 6.45) is 0.118. The maximum absolute atomic E-state index is 12.5. The second-order valence-corrected chi connectivity index (χ2v) is 6.36. The number of aliphatic carboxylic acids is 1. The number of amides is 3. The van der Waals surface area contributed by atoms with E-state index in [4.69, 9.17) is 5.73 Å². The van der Waals surface area contributed by atoms with Crippen LogP contribution in [0.1, 0.15) is 19.4 Å². The van der Waals surface area contributed by atoms with Gasteiger partial charge in [-0.1, -0.05) is 44.2 Å². The van der Waals surface area contributed by atoms with Gasteiger partial charge in [-0.15, -0.1) is 0 Å². The largest absolute Gasteiger partial charge is 0.480 e. The van der Waals surface area contributed by atoms with E-state index < -0.39 is 35.8 Å². The highest BCUT2D eigenvalue weighted by atomic mass is 16.4. The van der Waals surface area contributed by atoms with Crippen molar-refractivity contribution < 1.29 is 24.3 Å². The van der Waals surface area contributed by atoms with Crippen LogP contribution in [0.4, 0.5) is 0 Å². The van der Waals surface area contributed by atoms with Gasteiger partial charge >= 0.3 is 5.97 Å². The molecular weight excluding hydrogens is 352 g/mol. The zero-order chi connectivity index (χ0) is 20.4. The number of carboxylic acid groups (broad SMARTS) is 1. The van der Waals surface area contributed by atoms with Gasteiger partial charge in [0, 0.05) is 6.42 Å². The topological polar surface area (TPSA) is 151 Å². The second kappa shape index (κ2) is 10.9. The number of hydrogen-bond donors (Lipinski definition) is 5. The molecule has 3 amide bonds. The molecule has 0 aromatic heterocycles. The standard InChI is InChI=1S/C18H26N4O5/c1-11(2)16(22-15(24)10-20-14(23)9-19)17(25)21-13(18(26)27)8-12-6-4-3-5-7-12/h3-7,11,13,16H,8-10,19H2,1-2H3,(H,20,23)(H,21,25)(H,22,24)(H,26,27)/t13-,16-/m0/s1. The van der Waals surface area contributed by atoms with Crippen LogP contribution in [-0.2, 0) is 25.6 Å². The van der Waals surface area contributed by atoms with Gasteiger partial charge in [-0.25, -0.2) is 4.79 Å². The minimum Gasteiger partial charge on any atom is -0.480 e. The fraction of sp³-hybridized carbons (Fsp3) is 0.444. The van der Waals surface area contributed by atoms with Crippen molar-refractivity contribution in [2.75, 3.05) is 13.1 Å². The number of nitrogens with one attached hydrogen (secondary N) is 3. The molecule has 0 saturated carbocycles. The summed E-state index contributed by atoms with van der Waals surface area (Å²) in [7, 11) is 0. The van der Waals surface area contributed by atoms with E-state index in [-0.39, 0.29) is 25.4 Å². The first-order valence-electron chi connectivity index (χ1n) is 8.57. The van der Waals surface area contributed by atoms with E-state index in [2.05, 4.69) is 16.0 Å². The van der Waals surface area contributed by atoms with Gasteiger partial charge in [0.05, 0.1) is 13.1 Å². The van der Waals surface area contributed by atoms with E-state index in [0.29, 0.717) is 0 Å². The van der Waals surface area contributed by atoms with Crippen molar-refractivity contribution in [2.45, 2.75) is 32.4 Å². The number of benzene rings is 1. The van der Waals surface area contributed by atoms with Crippen LogP contribution in [0.3, 0.4) is 0 Å². The Kier molecular flexibility index (Phi) is 8.94. The minimum absolute atomic E-state index is 0.118. The van der Waals surface area contributed by atoms with Gasteiger partial charge in [-0.05, 0) is 11.5 Å². The summed E-state index contributed by atoms with van der Waals surface area (Å²) in [5.74, 6) is -3.13. The molecule has 2 atom stereocenters. The molecule has 27 heavy (non-hydrogen) atoms.